The molecule has 4 nitrogen and oxygen atoms in total. The fraction of sp³-hybridized carbons (Fsp3) is 0.921. The first kappa shape index (κ1) is 73.3. The summed E-state index contributed by atoms with van der Waals surface area (Å²) in [7, 11) is 7.50. The Morgan fingerprint density at radius 1 is 0.338 bits per heavy atom. The molecule has 4 heteroatoms. The number of hydrogen-bond acceptors (Lipinski definition) is 4. The van der Waals surface area contributed by atoms with Gasteiger partial charge in [0.1, 0.15) is 0 Å². The average molecular weight is 1120 g/mol. The molecule has 0 aromatic rings. The lowest BCUT2D eigenvalue weighted by Gasteiger charge is -2.44. The number of hydrogen-bond donors (Lipinski definition) is 0. The molecular weight excluding hydrogens is 977 g/mol. The van der Waals surface area contributed by atoms with Gasteiger partial charge in [0.15, 0.2) is 0 Å². The number of unbranched alkanes of at least 4 members (excludes halogenated alkanes) is 22. The van der Waals surface area contributed by atoms with Gasteiger partial charge in [-0.15, -0.1) is 0 Å². The van der Waals surface area contributed by atoms with Crippen LogP contribution in [0.25, 0.3) is 0 Å². The van der Waals surface area contributed by atoms with Crippen LogP contribution in [0.5, 0.6) is 0 Å². The van der Waals surface area contributed by atoms with Gasteiger partial charge in [-0.2, -0.15) is 0 Å². The first-order valence-electron chi connectivity index (χ1n) is 36.5. The molecule has 0 bridgehead atoms. The molecule has 0 saturated heterocycles. The zero-order valence-electron chi connectivity index (χ0n) is 55.5. The first-order valence-corrected chi connectivity index (χ1v) is 36.5. The van der Waals surface area contributed by atoms with E-state index in [1.54, 1.807) is 11.1 Å². The Balaban J connectivity index is 0.000000420. The Kier molecular flexibility index (Phi) is 47.0. The maximum absolute atomic E-state index is 5.82. The lowest BCUT2D eigenvalue weighted by atomic mass is 9.61. The highest BCUT2D eigenvalue weighted by molar-refractivity contribution is 5.17. The quantitative estimate of drug-likeness (QED) is 0.0450. The highest BCUT2D eigenvalue weighted by atomic mass is 16.5. The van der Waals surface area contributed by atoms with E-state index in [2.05, 4.69) is 52.0 Å². The normalized spacial score (nSPS) is 26.9. The molecule has 10 atom stereocenters. The Morgan fingerprint density at radius 3 is 1.20 bits per heavy atom. The Bertz CT molecular complexity index is 1450. The van der Waals surface area contributed by atoms with Gasteiger partial charge in [-0.05, 0) is 144 Å². The molecule has 0 aromatic carbocycles. The summed E-state index contributed by atoms with van der Waals surface area (Å²) >= 11 is 0. The largest absolute Gasteiger partial charge is 0.385 e. The van der Waals surface area contributed by atoms with Crippen LogP contribution in [-0.2, 0) is 18.9 Å². The van der Waals surface area contributed by atoms with Crippen molar-refractivity contribution in [2.45, 2.75) is 336 Å². The molecule has 0 radical (unpaired) electrons. The molecule has 10 unspecified atom stereocenters. The van der Waals surface area contributed by atoms with Crippen LogP contribution >= 0.6 is 0 Å². The molecule has 0 heterocycles. The third-order valence-electron chi connectivity index (χ3n) is 20.7. The van der Waals surface area contributed by atoms with Crippen molar-refractivity contribution in [1.82, 2.24) is 0 Å². The molecule has 4 aliphatic carbocycles. The summed E-state index contributed by atoms with van der Waals surface area (Å²) in [6.45, 7) is 13.1. The van der Waals surface area contributed by atoms with Gasteiger partial charge in [0.25, 0.3) is 0 Å². The molecule has 0 aliphatic heterocycles. The van der Waals surface area contributed by atoms with Crippen molar-refractivity contribution in [3.05, 3.63) is 35.5 Å². The van der Waals surface area contributed by atoms with E-state index >= 15 is 0 Å². The summed E-state index contributed by atoms with van der Waals surface area (Å²) in [6, 6.07) is 0. The fourth-order valence-corrected chi connectivity index (χ4v) is 15.9. The molecule has 0 spiro atoms. The highest BCUT2D eigenvalue weighted by Crippen LogP contribution is 2.49. The van der Waals surface area contributed by atoms with Crippen LogP contribution in [0.4, 0.5) is 0 Å². The van der Waals surface area contributed by atoms with E-state index in [9.17, 15) is 0 Å². The maximum Gasteiger partial charge on any atom is 0.0527 e. The smallest absolute Gasteiger partial charge is 0.0527 e. The minimum absolute atomic E-state index is 0.646. The van der Waals surface area contributed by atoms with Gasteiger partial charge in [0.2, 0.25) is 0 Å². The van der Waals surface area contributed by atoms with E-state index in [4.69, 9.17) is 18.9 Å². The van der Waals surface area contributed by atoms with Crippen molar-refractivity contribution in [3.63, 3.8) is 0 Å². The van der Waals surface area contributed by atoms with E-state index < -0.39 is 0 Å². The van der Waals surface area contributed by atoms with Gasteiger partial charge in [-0.25, -0.2) is 0 Å². The predicted molar refractivity (Wildman–Crippen MR) is 352 cm³/mol. The molecule has 0 N–H and O–H groups in total. The predicted octanol–water partition coefficient (Wildman–Crippen LogP) is 24.0. The van der Waals surface area contributed by atoms with Gasteiger partial charge < -0.3 is 18.9 Å². The third kappa shape index (κ3) is 32.5. The molecule has 470 valence electrons. The molecule has 4 rings (SSSR count). The minimum atomic E-state index is 0.646. The SMILES string of the molecule is CCCCCCC1C=CC(CCCCCCCCOC)C(/C=C2\CCCCCCC2COC)C1CCCCCC.CCCCCCC1CCC(CCCCCCCCOC)C(/C=C2\CCCCCCC2COC)C1CCCCCC. The monoisotopic (exact) mass is 1120 g/mol. The van der Waals surface area contributed by atoms with E-state index in [-0.39, 0.29) is 0 Å². The van der Waals surface area contributed by atoms with E-state index in [0.29, 0.717) is 11.8 Å². The average Bonchev–Trinajstić information content (AvgIpc) is 3.45. The zero-order chi connectivity index (χ0) is 57.4. The van der Waals surface area contributed by atoms with Gasteiger partial charge in [-0.3, -0.25) is 0 Å². The Labute approximate surface area is 501 Å². The van der Waals surface area contributed by atoms with Crippen molar-refractivity contribution in [2.24, 2.45) is 59.2 Å². The van der Waals surface area contributed by atoms with Crippen LogP contribution in [0.3, 0.4) is 0 Å². The second-order valence-electron chi connectivity index (χ2n) is 27.2. The van der Waals surface area contributed by atoms with Gasteiger partial charge in [0.05, 0.1) is 13.2 Å². The summed E-state index contributed by atoms with van der Waals surface area (Å²) < 4.78 is 22.1. The van der Waals surface area contributed by atoms with Crippen molar-refractivity contribution < 1.29 is 18.9 Å². The topological polar surface area (TPSA) is 36.9 Å². The zero-order valence-corrected chi connectivity index (χ0v) is 55.5. The first-order chi connectivity index (χ1) is 39.5. The number of rotatable bonds is 44. The van der Waals surface area contributed by atoms with Gasteiger partial charge >= 0.3 is 0 Å². The van der Waals surface area contributed by atoms with E-state index in [1.807, 2.05) is 28.4 Å². The van der Waals surface area contributed by atoms with Crippen molar-refractivity contribution in [3.8, 4) is 0 Å². The molecule has 4 aliphatic rings. The van der Waals surface area contributed by atoms with Crippen molar-refractivity contribution >= 4 is 0 Å². The maximum atomic E-state index is 5.82. The molecule has 80 heavy (non-hydrogen) atoms. The third-order valence-corrected chi connectivity index (χ3v) is 20.7. The van der Waals surface area contributed by atoms with E-state index in [0.717, 1.165) is 73.8 Å². The molecule has 3 fully saturated rings. The van der Waals surface area contributed by atoms with Crippen LogP contribution in [-0.4, -0.2) is 54.9 Å². The lowest BCUT2D eigenvalue weighted by molar-refractivity contribution is 0.0936. The summed E-state index contributed by atoms with van der Waals surface area (Å²) in [5.41, 5.74) is 3.58. The Hall–Kier alpha value is -0.940. The minimum Gasteiger partial charge on any atom is -0.385 e. The van der Waals surface area contributed by atoms with Gasteiger partial charge in [0, 0.05) is 53.5 Å². The van der Waals surface area contributed by atoms with Crippen LogP contribution in [0.2, 0.25) is 0 Å². The number of methoxy groups -OCH3 is 4. The molecule has 0 amide bonds. The molecule has 3 saturated carbocycles. The molecule has 0 aromatic heterocycles. The van der Waals surface area contributed by atoms with Crippen LogP contribution < -0.4 is 0 Å². The summed E-state index contributed by atoms with van der Waals surface area (Å²) in [6.07, 6.45) is 78.3. The van der Waals surface area contributed by atoms with Crippen molar-refractivity contribution in [1.29, 1.82) is 0 Å². The van der Waals surface area contributed by atoms with Crippen molar-refractivity contribution in [2.75, 3.05) is 54.9 Å². The highest BCUT2D eigenvalue weighted by Gasteiger charge is 2.39. The van der Waals surface area contributed by atoms with Crippen LogP contribution in [0.15, 0.2) is 35.5 Å². The Morgan fingerprint density at radius 2 is 0.713 bits per heavy atom. The van der Waals surface area contributed by atoms with Crippen LogP contribution in [0, 0.1) is 59.2 Å². The molecular formula is C76H142O4. The van der Waals surface area contributed by atoms with Crippen LogP contribution in [0.1, 0.15) is 336 Å². The summed E-state index contributed by atoms with van der Waals surface area (Å²) in [5, 5.41) is 0. The number of allylic oxidation sites excluding steroid dienone is 4. The fourth-order valence-electron chi connectivity index (χ4n) is 15.9. The van der Waals surface area contributed by atoms with E-state index in [1.165, 1.54) is 308 Å². The lowest BCUT2D eigenvalue weighted by Crippen LogP contribution is -2.34. The standard InChI is InChI=1S/C38H72O2.C38H70O2/c2*1-5-7-9-17-23-33-28-29-34(24-18-13-11-12-16-22-30-39-3)38(37(33)27-21-10-8-6-2)31-35-25-19-14-15-20-26-36(35)32-40-4/h31,33-34,36-38H,5-30,32H2,1-4H3;28-29,31,33-34,36-38H,5-27,30,32H2,1-4H3/b2*35-31+. The number of ether oxygens (including phenoxy) is 4. The summed E-state index contributed by atoms with van der Waals surface area (Å²) in [5.74, 6) is 8.03. The second kappa shape index (κ2) is 51.3. The summed E-state index contributed by atoms with van der Waals surface area (Å²) in [4.78, 5) is 0. The second-order valence-corrected chi connectivity index (χ2v) is 27.2. The van der Waals surface area contributed by atoms with Gasteiger partial charge in [-0.1, -0.05) is 275 Å².